The molecular weight excluding hydrogens is 400 g/mol. The number of halogens is 1. The van der Waals surface area contributed by atoms with Crippen LogP contribution in [0.1, 0.15) is 36.2 Å². The Morgan fingerprint density at radius 1 is 1.21 bits per heavy atom. The molecule has 0 atom stereocenters. The summed E-state index contributed by atoms with van der Waals surface area (Å²) in [4.78, 5) is 12.5. The molecule has 1 amide bonds. The van der Waals surface area contributed by atoms with Gasteiger partial charge in [0.2, 0.25) is 15.9 Å². The largest absolute Gasteiger partial charge is 0.350 e. The van der Waals surface area contributed by atoms with Gasteiger partial charge in [0.25, 0.3) is 0 Å². The van der Waals surface area contributed by atoms with Crippen LogP contribution >= 0.6 is 11.6 Å². The summed E-state index contributed by atoms with van der Waals surface area (Å²) >= 11 is 5.95. The summed E-state index contributed by atoms with van der Waals surface area (Å²) in [6.45, 7) is 4.74. The molecule has 7 nitrogen and oxygen atoms in total. The number of carbonyl (C=O) groups is 1. The van der Waals surface area contributed by atoms with Crippen LogP contribution in [0.4, 0.5) is 0 Å². The Kier molecular flexibility index (Phi) is 6.42. The fourth-order valence-corrected chi connectivity index (χ4v) is 5.58. The second kappa shape index (κ2) is 8.63. The van der Waals surface area contributed by atoms with Gasteiger partial charge in [0, 0.05) is 24.7 Å². The van der Waals surface area contributed by atoms with E-state index in [1.54, 1.807) is 26.0 Å². The molecule has 1 N–H and O–H groups in total. The molecule has 1 fully saturated rings. The number of hydrogen-bond acceptors (Lipinski definition) is 4. The fraction of sp³-hybridized carbons (Fsp3) is 0.474. The van der Waals surface area contributed by atoms with Crippen molar-refractivity contribution in [3.05, 3.63) is 46.2 Å². The Morgan fingerprint density at radius 2 is 1.93 bits per heavy atom. The van der Waals surface area contributed by atoms with E-state index in [9.17, 15) is 13.2 Å². The van der Waals surface area contributed by atoms with E-state index < -0.39 is 10.0 Å². The van der Waals surface area contributed by atoms with Gasteiger partial charge in [-0.15, -0.1) is 0 Å². The predicted molar refractivity (Wildman–Crippen MR) is 108 cm³/mol. The SMILES string of the molecule is Cc1nn(CC(=O)NCc2cccc(Cl)c2)c(C)c1S(=O)(=O)N1CCCCC1. The maximum absolute atomic E-state index is 13.0. The Bertz CT molecular complexity index is 966. The summed E-state index contributed by atoms with van der Waals surface area (Å²) in [5.41, 5.74) is 1.80. The first-order chi connectivity index (χ1) is 13.3. The van der Waals surface area contributed by atoms with Crippen LogP contribution in [0, 0.1) is 13.8 Å². The van der Waals surface area contributed by atoms with Crippen LogP contribution in [0.5, 0.6) is 0 Å². The lowest BCUT2D eigenvalue weighted by Crippen LogP contribution is -2.36. The number of rotatable bonds is 6. The van der Waals surface area contributed by atoms with E-state index in [-0.39, 0.29) is 17.3 Å². The Hall–Kier alpha value is -1.90. The van der Waals surface area contributed by atoms with Gasteiger partial charge in [-0.1, -0.05) is 30.2 Å². The molecule has 0 unspecified atom stereocenters. The van der Waals surface area contributed by atoms with Crippen molar-refractivity contribution in [1.82, 2.24) is 19.4 Å². The molecule has 28 heavy (non-hydrogen) atoms. The van der Waals surface area contributed by atoms with Crippen molar-refractivity contribution >= 4 is 27.5 Å². The van der Waals surface area contributed by atoms with E-state index >= 15 is 0 Å². The fourth-order valence-electron chi connectivity index (χ4n) is 3.48. The zero-order chi connectivity index (χ0) is 20.3. The number of hydrogen-bond donors (Lipinski definition) is 1. The van der Waals surface area contributed by atoms with Crippen molar-refractivity contribution in [3.63, 3.8) is 0 Å². The van der Waals surface area contributed by atoms with Crippen molar-refractivity contribution in [3.8, 4) is 0 Å². The van der Waals surface area contributed by atoms with Crippen molar-refractivity contribution in [2.75, 3.05) is 13.1 Å². The minimum absolute atomic E-state index is 0.0389. The normalized spacial score (nSPS) is 15.5. The summed E-state index contributed by atoms with van der Waals surface area (Å²) in [6.07, 6.45) is 2.80. The van der Waals surface area contributed by atoms with Gasteiger partial charge in [-0.3, -0.25) is 9.48 Å². The van der Waals surface area contributed by atoms with Gasteiger partial charge < -0.3 is 5.32 Å². The van der Waals surface area contributed by atoms with Crippen molar-refractivity contribution in [2.24, 2.45) is 0 Å². The van der Waals surface area contributed by atoms with E-state index in [4.69, 9.17) is 11.6 Å². The quantitative estimate of drug-likeness (QED) is 0.772. The second-order valence-corrected chi connectivity index (χ2v) is 9.34. The van der Waals surface area contributed by atoms with Gasteiger partial charge in [-0.25, -0.2) is 8.42 Å². The first-order valence-electron chi connectivity index (χ1n) is 9.34. The van der Waals surface area contributed by atoms with Crippen molar-refractivity contribution < 1.29 is 13.2 Å². The number of carbonyl (C=O) groups excluding carboxylic acids is 1. The number of benzene rings is 1. The molecule has 2 heterocycles. The molecular formula is C19H25ClN4O3S. The van der Waals surface area contributed by atoms with Crippen LogP contribution in [-0.4, -0.2) is 41.5 Å². The van der Waals surface area contributed by atoms with E-state index in [0.29, 0.717) is 36.0 Å². The maximum Gasteiger partial charge on any atom is 0.246 e. The van der Waals surface area contributed by atoms with E-state index in [1.807, 2.05) is 12.1 Å². The zero-order valence-electron chi connectivity index (χ0n) is 16.1. The van der Waals surface area contributed by atoms with Crippen molar-refractivity contribution in [1.29, 1.82) is 0 Å². The molecule has 0 aliphatic carbocycles. The average molecular weight is 425 g/mol. The molecule has 1 saturated heterocycles. The molecule has 9 heteroatoms. The van der Waals surface area contributed by atoms with Gasteiger partial charge in [-0.05, 0) is 44.4 Å². The first kappa shape index (κ1) is 20.8. The van der Waals surface area contributed by atoms with Crippen LogP contribution < -0.4 is 5.32 Å². The Balaban J connectivity index is 1.71. The minimum Gasteiger partial charge on any atom is -0.350 e. The molecule has 2 aromatic rings. The molecule has 152 valence electrons. The molecule has 1 aliphatic rings. The number of aryl methyl sites for hydroxylation is 1. The van der Waals surface area contributed by atoms with E-state index in [0.717, 1.165) is 24.8 Å². The molecule has 0 bridgehead atoms. The summed E-state index contributed by atoms with van der Waals surface area (Å²) in [6, 6.07) is 7.25. The number of nitrogens with zero attached hydrogens (tertiary/aromatic N) is 3. The Labute approximate surface area is 170 Å². The van der Waals surface area contributed by atoms with Gasteiger partial charge in [0.05, 0.1) is 11.4 Å². The molecule has 1 aromatic heterocycles. The minimum atomic E-state index is -3.59. The molecule has 0 radical (unpaired) electrons. The lowest BCUT2D eigenvalue weighted by molar-refractivity contribution is -0.122. The highest BCUT2D eigenvalue weighted by atomic mass is 35.5. The Morgan fingerprint density at radius 3 is 2.61 bits per heavy atom. The monoisotopic (exact) mass is 424 g/mol. The van der Waals surface area contributed by atoms with Gasteiger partial charge in [0.15, 0.2) is 0 Å². The third-order valence-electron chi connectivity index (χ3n) is 4.90. The number of piperidine rings is 1. The lowest BCUT2D eigenvalue weighted by atomic mass is 10.2. The molecule has 0 saturated carbocycles. The van der Waals surface area contributed by atoms with Crippen LogP contribution in [0.15, 0.2) is 29.2 Å². The topological polar surface area (TPSA) is 84.3 Å². The average Bonchev–Trinajstić information content (AvgIpc) is 2.94. The van der Waals surface area contributed by atoms with E-state index in [2.05, 4.69) is 10.4 Å². The predicted octanol–water partition coefficient (Wildman–Crippen LogP) is 2.64. The highest BCUT2D eigenvalue weighted by Crippen LogP contribution is 2.26. The van der Waals surface area contributed by atoms with Gasteiger partial charge >= 0.3 is 0 Å². The maximum atomic E-state index is 13.0. The molecule has 1 aromatic carbocycles. The number of aromatic nitrogens is 2. The molecule has 3 rings (SSSR count). The van der Waals surface area contributed by atoms with Crippen LogP contribution in [0.2, 0.25) is 5.02 Å². The van der Waals surface area contributed by atoms with Crippen molar-refractivity contribution in [2.45, 2.75) is 51.1 Å². The van der Waals surface area contributed by atoms with E-state index in [1.165, 1.54) is 8.99 Å². The summed E-state index contributed by atoms with van der Waals surface area (Å²) in [5, 5.41) is 7.73. The third kappa shape index (κ3) is 4.56. The summed E-state index contributed by atoms with van der Waals surface area (Å²) in [5.74, 6) is -0.243. The summed E-state index contributed by atoms with van der Waals surface area (Å²) < 4.78 is 29.0. The third-order valence-corrected chi connectivity index (χ3v) is 7.29. The summed E-state index contributed by atoms with van der Waals surface area (Å²) in [7, 11) is -3.59. The second-order valence-electron chi connectivity index (χ2n) is 7.03. The van der Waals surface area contributed by atoms with Gasteiger partial charge in [0.1, 0.15) is 11.4 Å². The van der Waals surface area contributed by atoms with Crippen LogP contribution in [-0.2, 0) is 27.9 Å². The number of nitrogens with one attached hydrogen (secondary N) is 1. The van der Waals surface area contributed by atoms with Gasteiger partial charge in [-0.2, -0.15) is 9.40 Å². The zero-order valence-corrected chi connectivity index (χ0v) is 17.7. The highest BCUT2D eigenvalue weighted by molar-refractivity contribution is 7.89. The standard InChI is InChI=1S/C19H25ClN4O3S/c1-14-19(28(26,27)23-9-4-3-5-10-23)15(2)24(22-14)13-18(25)21-12-16-7-6-8-17(20)11-16/h6-8,11H,3-5,9-10,12-13H2,1-2H3,(H,21,25). The molecule has 0 spiro atoms. The van der Waals surface area contributed by atoms with Crippen LogP contribution in [0.25, 0.3) is 0 Å². The smallest absolute Gasteiger partial charge is 0.246 e. The molecule has 1 aliphatic heterocycles. The lowest BCUT2D eigenvalue weighted by Gasteiger charge is -2.25. The first-order valence-corrected chi connectivity index (χ1v) is 11.2. The number of sulfonamides is 1. The highest BCUT2D eigenvalue weighted by Gasteiger charge is 2.31. The number of amides is 1. The van der Waals surface area contributed by atoms with Crippen LogP contribution in [0.3, 0.4) is 0 Å².